The summed E-state index contributed by atoms with van der Waals surface area (Å²) in [5.41, 5.74) is 3.95. The molecule has 1 aromatic rings. The molecule has 0 amide bonds. The lowest BCUT2D eigenvalue weighted by Gasteiger charge is -2.06. The number of aliphatic hydroxyl groups is 1. The van der Waals surface area contributed by atoms with Crippen molar-refractivity contribution in [2.75, 3.05) is 0 Å². The summed E-state index contributed by atoms with van der Waals surface area (Å²) in [5, 5.41) is 9.42. The van der Waals surface area contributed by atoms with Gasteiger partial charge in [0.05, 0.1) is 6.10 Å². The van der Waals surface area contributed by atoms with E-state index < -0.39 is 0 Å². The number of aliphatic hydroxyl groups excluding tert-OH is 1. The molecule has 0 saturated heterocycles. The van der Waals surface area contributed by atoms with Crippen molar-refractivity contribution in [3.8, 4) is 0 Å². The lowest BCUT2D eigenvalue weighted by Crippen LogP contribution is -1.93. The second-order valence-corrected chi connectivity index (χ2v) is 4.22. The van der Waals surface area contributed by atoms with Gasteiger partial charge in [-0.1, -0.05) is 25.1 Å². The van der Waals surface area contributed by atoms with Crippen LogP contribution >= 0.6 is 0 Å². The van der Waals surface area contributed by atoms with Crippen LogP contribution in [0.3, 0.4) is 0 Å². The third-order valence-corrected chi connectivity index (χ3v) is 2.85. The average Bonchev–Trinajstić information content (AvgIpc) is 2.42. The van der Waals surface area contributed by atoms with Gasteiger partial charge in [-0.2, -0.15) is 0 Å². The summed E-state index contributed by atoms with van der Waals surface area (Å²) in [6, 6.07) is 6.37. The summed E-state index contributed by atoms with van der Waals surface area (Å²) >= 11 is 0. The van der Waals surface area contributed by atoms with Gasteiger partial charge in [-0.3, -0.25) is 0 Å². The molecular weight excluding hydrogens is 160 g/mol. The highest BCUT2D eigenvalue weighted by molar-refractivity contribution is 5.36. The van der Waals surface area contributed by atoms with E-state index in [9.17, 15) is 5.11 Å². The minimum atomic E-state index is -0.332. The van der Waals surface area contributed by atoms with Gasteiger partial charge in [0.25, 0.3) is 0 Å². The molecule has 1 N–H and O–H groups in total. The summed E-state index contributed by atoms with van der Waals surface area (Å²) in [5.74, 6) is 0.777. The van der Waals surface area contributed by atoms with Crippen LogP contribution in [0.25, 0.3) is 0 Å². The van der Waals surface area contributed by atoms with Gasteiger partial charge in [0.15, 0.2) is 0 Å². The minimum Gasteiger partial charge on any atom is -0.389 e. The maximum Gasteiger partial charge on any atom is 0.0762 e. The van der Waals surface area contributed by atoms with Gasteiger partial charge in [0.1, 0.15) is 0 Å². The Morgan fingerprint density at radius 2 is 2.00 bits per heavy atom. The highest BCUT2D eigenvalue weighted by Crippen LogP contribution is 2.28. The van der Waals surface area contributed by atoms with E-state index in [2.05, 4.69) is 19.1 Å². The SMILES string of the molecule is CC1Cc2ccc(C(C)O)cc2C1. The van der Waals surface area contributed by atoms with Gasteiger partial charge in [-0.05, 0) is 42.4 Å². The fourth-order valence-electron chi connectivity index (χ4n) is 2.12. The first-order valence-corrected chi connectivity index (χ1v) is 4.96. The van der Waals surface area contributed by atoms with Crippen molar-refractivity contribution in [3.05, 3.63) is 34.9 Å². The highest BCUT2D eigenvalue weighted by Gasteiger charge is 2.18. The molecule has 13 heavy (non-hydrogen) atoms. The summed E-state index contributed by atoms with van der Waals surface area (Å²) < 4.78 is 0. The molecular formula is C12H16O. The molecule has 1 aromatic carbocycles. The second kappa shape index (κ2) is 3.15. The first-order valence-electron chi connectivity index (χ1n) is 4.96. The topological polar surface area (TPSA) is 20.2 Å². The zero-order valence-electron chi connectivity index (χ0n) is 8.25. The average molecular weight is 176 g/mol. The summed E-state index contributed by atoms with van der Waals surface area (Å²) in [6.07, 6.45) is 2.05. The van der Waals surface area contributed by atoms with Gasteiger partial charge in [-0.25, -0.2) is 0 Å². The van der Waals surface area contributed by atoms with Crippen LogP contribution < -0.4 is 0 Å². The molecule has 0 aliphatic heterocycles. The molecule has 0 saturated carbocycles. The van der Waals surface area contributed by atoms with Gasteiger partial charge >= 0.3 is 0 Å². The van der Waals surface area contributed by atoms with Crippen LogP contribution in [0.4, 0.5) is 0 Å². The minimum absolute atomic E-state index is 0.332. The Labute approximate surface area is 79.4 Å². The lowest BCUT2D eigenvalue weighted by atomic mass is 10.0. The molecule has 70 valence electrons. The Kier molecular flexibility index (Phi) is 2.12. The standard InChI is InChI=1S/C12H16O/c1-8-5-11-4-3-10(9(2)13)7-12(11)6-8/h3-4,7-9,13H,5-6H2,1-2H3. The maximum atomic E-state index is 9.42. The molecule has 2 unspecified atom stereocenters. The number of fused-ring (bicyclic) bond motifs is 1. The van der Waals surface area contributed by atoms with Crippen LogP contribution in [0.2, 0.25) is 0 Å². The van der Waals surface area contributed by atoms with E-state index in [0.29, 0.717) is 0 Å². The van der Waals surface area contributed by atoms with Crippen LogP contribution in [0.5, 0.6) is 0 Å². The van der Waals surface area contributed by atoms with Crippen molar-refractivity contribution in [2.24, 2.45) is 5.92 Å². The first-order chi connectivity index (χ1) is 6.16. The fraction of sp³-hybridized carbons (Fsp3) is 0.500. The van der Waals surface area contributed by atoms with E-state index in [1.165, 1.54) is 24.0 Å². The number of hydrogen-bond donors (Lipinski definition) is 1. The largest absolute Gasteiger partial charge is 0.389 e. The molecule has 1 nitrogen and oxygen atoms in total. The molecule has 2 rings (SSSR count). The number of benzene rings is 1. The highest BCUT2D eigenvalue weighted by atomic mass is 16.3. The third-order valence-electron chi connectivity index (χ3n) is 2.85. The predicted molar refractivity (Wildman–Crippen MR) is 53.6 cm³/mol. The predicted octanol–water partition coefficient (Wildman–Crippen LogP) is 2.47. The van der Waals surface area contributed by atoms with Crippen molar-refractivity contribution >= 4 is 0 Å². The van der Waals surface area contributed by atoms with Crippen LogP contribution in [0.1, 0.15) is 36.6 Å². The van der Waals surface area contributed by atoms with Crippen molar-refractivity contribution in [1.82, 2.24) is 0 Å². The van der Waals surface area contributed by atoms with Gasteiger partial charge in [0, 0.05) is 0 Å². The van der Waals surface area contributed by atoms with E-state index in [-0.39, 0.29) is 6.10 Å². The van der Waals surface area contributed by atoms with E-state index >= 15 is 0 Å². The van der Waals surface area contributed by atoms with Crippen LogP contribution in [-0.4, -0.2) is 5.11 Å². The molecule has 1 aliphatic rings. The molecule has 1 aliphatic carbocycles. The lowest BCUT2D eigenvalue weighted by molar-refractivity contribution is 0.199. The molecule has 0 bridgehead atoms. The fourth-order valence-corrected chi connectivity index (χ4v) is 2.12. The zero-order valence-corrected chi connectivity index (χ0v) is 8.25. The Morgan fingerprint density at radius 1 is 1.31 bits per heavy atom. The van der Waals surface area contributed by atoms with E-state index in [4.69, 9.17) is 0 Å². The monoisotopic (exact) mass is 176 g/mol. The molecule has 0 heterocycles. The van der Waals surface area contributed by atoms with Gasteiger partial charge in [-0.15, -0.1) is 0 Å². The third kappa shape index (κ3) is 1.61. The van der Waals surface area contributed by atoms with Crippen LogP contribution in [-0.2, 0) is 12.8 Å². The first kappa shape index (κ1) is 8.76. The Bertz CT molecular complexity index is 315. The zero-order chi connectivity index (χ0) is 9.42. The molecule has 0 fully saturated rings. The normalized spacial score (nSPS) is 22.8. The van der Waals surface area contributed by atoms with Crippen molar-refractivity contribution in [1.29, 1.82) is 0 Å². The van der Waals surface area contributed by atoms with Crippen molar-refractivity contribution in [3.63, 3.8) is 0 Å². The number of rotatable bonds is 1. The van der Waals surface area contributed by atoms with Crippen LogP contribution in [0, 0.1) is 5.92 Å². The van der Waals surface area contributed by atoms with E-state index in [1.807, 2.05) is 13.0 Å². The van der Waals surface area contributed by atoms with Crippen molar-refractivity contribution in [2.45, 2.75) is 32.8 Å². The van der Waals surface area contributed by atoms with Crippen LogP contribution in [0.15, 0.2) is 18.2 Å². The van der Waals surface area contributed by atoms with Gasteiger partial charge in [0.2, 0.25) is 0 Å². The number of hydrogen-bond acceptors (Lipinski definition) is 1. The Hall–Kier alpha value is -0.820. The quantitative estimate of drug-likeness (QED) is 0.697. The molecule has 1 heteroatoms. The van der Waals surface area contributed by atoms with E-state index in [0.717, 1.165) is 11.5 Å². The molecule has 0 aromatic heterocycles. The molecule has 0 spiro atoms. The Balaban J connectivity index is 2.35. The Morgan fingerprint density at radius 3 is 2.69 bits per heavy atom. The summed E-state index contributed by atoms with van der Waals surface area (Å²) in [4.78, 5) is 0. The second-order valence-electron chi connectivity index (χ2n) is 4.22. The summed E-state index contributed by atoms with van der Waals surface area (Å²) in [6.45, 7) is 4.10. The molecule has 2 atom stereocenters. The molecule has 0 radical (unpaired) electrons. The van der Waals surface area contributed by atoms with E-state index in [1.54, 1.807) is 0 Å². The smallest absolute Gasteiger partial charge is 0.0762 e. The summed E-state index contributed by atoms with van der Waals surface area (Å²) in [7, 11) is 0. The van der Waals surface area contributed by atoms with Crippen molar-refractivity contribution < 1.29 is 5.11 Å². The van der Waals surface area contributed by atoms with Gasteiger partial charge < -0.3 is 5.11 Å². The maximum absolute atomic E-state index is 9.42.